The van der Waals surface area contributed by atoms with Crippen LogP contribution in [-0.4, -0.2) is 12.6 Å². The standard InChI is InChI=1S/C17H21BrFNO/c1-2-7-20-16(5-6-17-4-3-8-21-17)11-13-9-14(18)12-15(19)10-13/h3-4,8-10,12,16,20H,2,5-7,11H2,1H3. The van der Waals surface area contributed by atoms with E-state index >= 15 is 0 Å². The molecule has 0 spiro atoms. The Hall–Kier alpha value is -1.13. The van der Waals surface area contributed by atoms with Gasteiger partial charge in [-0.25, -0.2) is 4.39 Å². The Morgan fingerprint density at radius 1 is 1.33 bits per heavy atom. The van der Waals surface area contributed by atoms with Crippen molar-refractivity contribution in [3.8, 4) is 0 Å². The van der Waals surface area contributed by atoms with Crippen LogP contribution in [0.25, 0.3) is 0 Å². The Kier molecular flexibility index (Phi) is 6.46. The number of benzene rings is 1. The molecule has 0 bridgehead atoms. The summed E-state index contributed by atoms with van der Waals surface area (Å²) in [4.78, 5) is 0. The summed E-state index contributed by atoms with van der Waals surface area (Å²) in [7, 11) is 0. The second-order valence-electron chi connectivity index (χ2n) is 5.25. The molecule has 2 nitrogen and oxygen atoms in total. The van der Waals surface area contributed by atoms with Crippen LogP contribution in [0.2, 0.25) is 0 Å². The van der Waals surface area contributed by atoms with Gasteiger partial charge in [0.25, 0.3) is 0 Å². The molecule has 21 heavy (non-hydrogen) atoms. The van der Waals surface area contributed by atoms with Crippen LogP contribution in [0.1, 0.15) is 31.1 Å². The van der Waals surface area contributed by atoms with E-state index in [9.17, 15) is 4.39 Å². The van der Waals surface area contributed by atoms with Gasteiger partial charge < -0.3 is 9.73 Å². The molecule has 0 aliphatic heterocycles. The van der Waals surface area contributed by atoms with Crippen molar-refractivity contribution in [2.75, 3.05) is 6.54 Å². The number of aryl methyl sites for hydroxylation is 1. The number of hydrogen-bond acceptors (Lipinski definition) is 2. The van der Waals surface area contributed by atoms with E-state index in [4.69, 9.17) is 4.42 Å². The molecule has 4 heteroatoms. The van der Waals surface area contributed by atoms with Gasteiger partial charge in [-0.15, -0.1) is 0 Å². The van der Waals surface area contributed by atoms with Gasteiger partial charge in [-0.3, -0.25) is 0 Å². The normalized spacial score (nSPS) is 12.5. The second kappa shape index (κ2) is 8.35. The van der Waals surface area contributed by atoms with Crippen LogP contribution < -0.4 is 5.32 Å². The Bertz CT molecular complexity index is 521. The number of halogens is 2. The minimum atomic E-state index is -0.195. The van der Waals surface area contributed by atoms with E-state index in [0.717, 1.165) is 48.0 Å². The largest absolute Gasteiger partial charge is 0.469 e. The highest BCUT2D eigenvalue weighted by Crippen LogP contribution is 2.17. The van der Waals surface area contributed by atoms with E-state index in [-0.39, 0.29) is 5.82 Å². The summed E-state index contributed by atoms with van der Waals surface area (Å²) in [6.45, 7) is 3.12. The smallest absolute Gasteiger partial charge is 0.124 e. The highest BCUT2D eigenvalue weighted by Gasteiger charge is 2.11. The average Bonchev–Trinajstić information content (AvgIpc) is 2.94. The van der Waals surface area contributed by atoms with Crippen LogP contribution in [-0.2, 0) is 12.8 Å². The lowest BCUT2D eigenvalue weighted by Crippen LogP contribution is -2.32. The van der Waals surface area contributed by atoms with Gasteiger partial charge in [0.05, 0.1) is 6.26 Å². The maximum Gasteiger partial charge on any atom is 0.124 e. The number of hydrogen-bond donors (Lipinski definition) is 1. The molecule has 1 atom stereocenters. The fourth-order valence-corrected chi connectivity index (χ4v) is 2.92. The topological polar surface area (TPSA) is 25.2 Å². The third kappa shape index (κ3) is 5.64. The van der Waals surface area contributed by atoms with E-state index in [1.54, 1.807) is 12.3 Å². The predicted octanol–water partition coefficient (Wildman–Crippen LogP) is 4.72. The first-order valence-electron chi connectivity index (χ1n) is 7.38. The lowest BCUT2D eigenvalue weighted by Gasteiger charge is -2.18. The van der Waals surface area contributed by atoms with Crippen molar-refractivity contribution in [3.63, 3.8) is 0 Å². The summed E-state index contributed by atoms with van der Waals surface area (Å²) >= 11 is 3.35. The van der Waals surface area contributed by atoms with Gasteiger partial charge in [-0.1, -0.05) is 22.9 Å². The molecule has 0 amide bonds. The van der Waals surface area contributed by atoms with Gasteiger partial charge >= 0.3 is 0 Å². The molecule has 114 valence electrons. The van der Waals surface area contributed by atoms with Crippen LogP contribution in [0.4, 0.5) is 4.39 Å². The maximum absolute atomic E-state index is 13.5. The van der Waals surface area contributed by atoms with E-state index in [2.05, 4.69) is 28.2 Å². The summed E-state index contributed by atoms with van der Waals surface area (Å²) < 4.78 is 19.6. The summed E-state index contributed by atoms with van der Waals surface area (Å²) in [6.07, 6.45) is 5.47. The van der Waals surface area contributed by atoms with Gasteiger partial charge in [0.2, 0.25) is 0 Å². The first-order chi connectivity index (χ1) is 10.2. The summed E-state index contributed by atoms with van der Waals surface area (Å²) in [5.74, 6) is 0.804. The summed E-state index contributed by atoms with van der Waals surface area (Å²) in [5.41, 5.74) is 1.01. The zero-order valence-electron chi connectivity index (χ0n) is 12.2. The van der Waals surface area contributed by atoms with Crippen molar-refractivity contribution in [1.82, 2.24) is 5.32 Å². The summed E-state index contributed by atoms with van der Waals surface area (Å²) in [5, 5.41) is 3.54. The molecule has 0 aliphatic carbocycles. The Morgan fingerprint density at radius 2 is 2.19 bits per heavy atom. The molecular weight excluding hydrogens is 333 g/mol. The monoisotopic (exact) mass is 353 g/mol. The summed E-state index contributed by atoms with van der Waals surface area (Å²) in [6, 6.07) is 9.31. The van der Waals surface area contributed by atoms with Gasteiger partial charge in [0, 0.05) is 16.9 Å². The van der Waals surface area contributed by atoms with Crippen molar-refractivity contribution in [1.29, 1.82) is 0 Å². The van der Waals surface area contributed by atoms with Crippen LogP contribution >= 0.6 is 15.9 Å². The van der Waals surface area contributed by atoms with Crippen molar-refractivity contribution in [2.45, 2.75) is 38.6 Å². The minimum Gasteiger partial charge on any atom is -0.469 e. The van der Waals surface area contributed by atoms with Gasteiger partial charge in [0.1, 0.15) is 11.6 Å². The van der Waals surface area contributed by atoms with E-state index in [1.165, 1.54) is 6.07 Å². The molecule has 1 heterocycles. The Morgan fingerprint density at radius 3 is 2.86 bits per heavy atom. The number of rotatable bonds is 8. The molecular formula is C17H21BrFNO. The van der Waals surface area contributed by atoms with Crippen molar-refractivity contribution >= 4 is 15.9 Å². The molecule has 2 rings (SSSR count). The zero-order valence-corrected chi connectivity index (χ0v) is 13.8. The second-order valence-corrected chi connectivity index (χ2v) is 6.17. The molecule has 0 saturated heterocycles. The zero-order chi connectivity index (χ0) is 15.1. The van der Waals surface area contributed by atoms with E-state index in [0.29, 0.717) is 6.04 Å². The molecule has 1 N–H and O–H groups in total. The molecule has 1 aromatic heterocycles. The maximum atomic E-state index is 13.5. The highest BCUT2D eigenvalue weighted by atomic mass is 79.9. The van der Waals surface area contributed by atoms with E-state index < -0.39 is 0 Å². The molecule has 1 unspecified atom stereocenters. The van der Waals surface area contributed by atoms with E-state index in [1.807, 2.05) is 18.2 Å². The minimum absolute atomic E-state index is 0.195. The van der Waals surface area contributed by atoms with Crippen molar-refractivity contribution in [3.05, 3.63) is 58.2 Å². The third-order valence-corrected chi connectivity index (χ3v) is 3.86. The first kappa shape index (κ1) is 16.2. The van der Waals surface area contributed by atoms with Crippen LogP contribution in [0.3, 0.4) is 0 Å². The molecule has 1 aromatic carbocycles. The molecule has 0 aliphatic rings. The van der Waals surface area contributed by atoms with Gasteiger partial charge in [-0.2, -0.15) is 0 Å². The average molecular weight is 354 g/mol. The fourth-order valence-electron chi connectivity index (χ4n) is 2.41. The quantitative estimate of drug-likeness (QED) is 0.742. The van der Waals surface area contributed by atoms with Crippen LogP contribution in [0.5, 0.6) is 0 Å². The molecule has 0 radical (unpaired) electrons. The van der Waals surface area contributed by atoms with Crippen LogP contribution in [0.15, 0.2) is 45.5 Å². The lowest BCUT2D eigenvalue weighted by molar-refractivity contribution is 0.440. The SMILES string of the molecule is CCCNC(CCc1ccco1)Cc1cc(F)cc(Br)c1. The molecule has 0 saturated carbocycles. The molecule has 0 fully saturated rings. The van der Waals surface area contributed by atoms with Gasteiger partial charge in [0.15, 0.2) is 0 Å². The van der Waals surface area contributed by atoms with Gasteiger partial charge in [-0.05, 0) is 61.7 Å². The third-order valence-electron chi connectivity index (χ3n) is 3.41. The van der Waals surface area contributed by atoms with Crippen molar-refractivity contribution < 1.29 is 8.81 Å². The van der Waals surface area contributed by atoms with Crippen LogP contribution in [0, 0.1) is 5.82 Å². The predicted molar refractivity (Wildman–Crippen MR) is 86.9 cm³/mol. The first-order valence-corrected chi connectivity index (χ1v) is 8.17. The fraction of sp³-hybridized carbons (Fsp3) is 0.412. The van der Waals surface area contributed by atoms with Crippen molar-refractivity contribution in [2.24, 2.45) is 0 Å². The number of furan rings is 1. The highest BCUT2D eigenvalue weighted by molar-refractivity contribution is 9.10. The molecule has 2 aromatic rings. The Balaban J connectivity index is 1.97. The Labute approximate surface area is 133 Å². The number of nitrogens with one attached hydrogen (secondary N) is 1. The lowest BCUT2D eigenvalue weighted by atomic mass is 10.0.